The molecule has 1 atom stereocenters. The number of hydrogen-bond acceptors (Lipinski definition) is 3. The average molecular weight is 185 g/mol. The van der Waals surface area contributed by atoms with Crippen LogP contribution in [-0.2, 0) is 9.53 Å². The van der Waals surface area contributed by atoms with Gasteiger partial charge in [0.15, 0.2) is 0 Å². The fourth-order valence-electron chi connectivity index (χ4n) is 0.709. The molecule has 0 spiro atoms. The van der Waals surface area contributed by atoms with Gasteiger partial charge in [-0.2, -0.15) is 0 Å². The van der Waals surface area contributed by atoms with Gasteiger partial charge >= 0.3 is 5.97 Å². The summed E-state index contributed by atoms with van der Waals surface area (Å²) >= 11 is 0. The van der Waals surface area contributed by atoms with Crippen molar-refractivity contribution in [1.82, 2.24) is 0 Å². The van der Waals surface area contributed by atoms with E-state index in [4.69, 9.17) is 10.5 Å². The van der Waals surface area contributed by atoms with Gasteiger partial charge in [0.25, 0.3) is 0 Å². The molecule has 3 heteroatoms. The summed E-state index contributed by atoms with van der Waals surface area (Å²) in [5.74, 6) is -0.372. The molecule has 76 valence electrons. The predicted molar refractivity (Wildman–Crippen MR) is 53.2 cm³/mol. The van der Waals surface area contributed by atoms with Crippen LogP contribution in [0.4, 0.5) is 0 Å². The third kappa shape index (κ3) is 6.34. The standard InChI is InChI=1S/C10H19NO2/c1-5-13-9(12)8(11)6-7-10(2,3)4/h6-8H,5,11H2,1-4H3/b7-6+. The van der Waals surface area contributed by atoms with Gasteiger partial charge < -0.3 is 10.5 Å². The van der Waals surface area contributed by atoms with Gasteiger partial charge in [0.1, 0.15) is 6.04 Å². The number of rotatable bonds is 3. The van der Waals surface area contributed by atoms with Crippen LogP contribution in [0.2, 0.25) is 0 Å². The normalized spacial score (nSPS) is 14.5. The van der Waals surface area contributed by atoms with Gasteiger partial charge in [-0.1, -0.05) is 32.9 Å². The maximum Gasteiger partial charge on any atom is 0.326 e. The lowest BCUT2D eigenvalue weighted by Crippen LogP contribution is -2.30. The highest BCUT2D eigenvalue weighted by Gasteiger charge is 2.12. The van der Waals surface area contributed by atoms with Crippen molar-refractivity contribution in [1.29, 1.82) is 0 Å². The minimum atomic E-state index is -0.640. The lowest BCUT2D eigenvalue weighted by Gasteiger charge is -2.12. The third-order valence-corrected chi connectivity index (χ3v) is 1.36. The second-order valence-electron chi connectivity index (χ2n) is 4.00. The van der Waals surface area contributed by atoms with E-state index >= 15 is 0 Å². The highest BCUT2D eigenvalue weighted by Crippen LogP contribution is 2.14. The zero-order valence-corrected chi connectivity index (χ0v) is 8.83. The molecule has 0 bridgehead atoms. The topological polar surface area (TPSA) is 52.3 Å². The van der Waals surface area contributed by atoms with E-state index in [-0.39, 0.29) is 11.4 Å². The van der Waals surface area contributed by atoms with Crippen molar-refractivity contribution in [2.24, 2.45) is 11.1 Å². The van der Waals surface area contributed by atoms with Crippen LogP contribution in [0.1, 0.15) is 27.7 Å². The Morgan fingerprint density at radius 1 is 1.54 bits per heavy atom. The first-order chi connectivity index (χ1) is 5.87. The Labute approximate surface area is 79.9 Å². The van der Waals surface area contributed by atoms with Crippen molar-refractivity contribution in [3.8, 4) is 0 Å². The van der Waals surface area contributed by atoms with E-state index in [9.17, 15) is 4.79 Å². The highest BCUT2D eigenvalue weighted by atomic mass is 16.5. The van der Waals surface area contributed by atoms with Crippen molar-refractivity contribution < 1.29 is 9.53 Å². The van der Waals surface area contributed by atoms with Crippen molar-refractivity contribution in [2.75, 3.05) is 6.61 Å². The Balaban J connectivity index is 4.07. The Morgan fingerprint density at radius 3 is 2.46 bits per heavy atom. The molecule has 0 aromatic heterocycles. The molecule has 0 saturated carbocycles. The zero-order chi connectivity index (χ0) is 10.5. The quantitative estimate of drug-likeness (QED) is 0.535. The van der Waals surface area contributed by atoms with Crippen LogP contribution in [0.15, 0.2) is 12.2 Å². The van der Waals surface area contributed by atoms with Gasteiger partial charge in [0.05, 0.1) is 6.61 Å². The number of carbonyl (C=O) groups excluding carboxylic acids is 1. The molecule has 0 heterocycles. The maximum atomic E-state index is 11.1. The Morgan fingerprint density at radius 2 is 2.08 bits per heavy atom. The van der Waals surface area contributed by atoms with Crippen LogP contribution in [0.3, 0.4) is 0 Å². The Bertz CT molecular complexity index is 192. The molecule has 13 heavy (non-hydrogen) atoms. The number of nitrogens with two attached hydrogens (primary N) is 1. The second kappa shape index (κ2) is 5.02. The maximum absolute atomic E-state index is 11.1. The van der Waals surface area contributed by atoms with E-state index in [1.165, 1.54) is 0 Å². The van der Waals surface area contributed by atoms with Gasteiger partial charge in [0.2, 0.25) is 0 Å². The summed E-state index contributed by atoms with van der Waals surface area (Å²) in [6, 6.07) is -0.640. The first-order valence-corrected chi connectivity index (χ1v) is 4.48. The molecule has 0 aromatic rings. The van der Waals surface area contributed by atoms with E-state index in [0.29, 0.717) is 6.61 Å². The van der Waals surface area contributed by atoms with Crippen LogP contribution in [0.25, 0.3) is 0 Å². The van der Waals surface area contributed by atoms with Gasteiger partial charge in [0, 0.05) is 0 Å². The summed E-state index contributed by atoms with van der Waals surface area (Å²) in [7, 11) is 0. The molecule has 1 unspecified atom stereocenters. The van der Waals surface area contributed by atoms with E-state index in [1.807, 2.05) is 26.8 Å². The van der Waals surface area contributed by atoms with Crippen molar-refractivity contribution in [3.05, 3.63) is 12.2 Å². The van der Waals surface area contributed by atoms with Crippen LogP contribution >= 0.6 is 0 Å². The molecule has 3 nitrogen and oxygen atoms in total. The minimum Gasteiger partial charge on any atom is -0.465 e. The van der Waals surface area contributed by atoms with Crippen LogP contribution in [0, 0.1) is 5.41 Å². The van der Waals surface area contributed by atoms with E-state index < -0.39 is 6.04 Å². The van der Waals surface area contributed by atoms with E-state index in [2.05, 4.69) is 0 Å². The molecule has 0 fully saturated rings. The summed E-state index contributed by atoms with van der Waals surface area (Å²) in [4.78, 5) is 11.1. The summed E-state index contributed by atoms with van der Waals surface area (Å²) in [6.45, 7) is 8.26. The Kier molecular flexibility index (Phi) is 4.70. The highest BCUT2D eigenvalue weighted by molar-refractivity contribution is 5.77. The smallest absolute Gasteiger partial charge is 0.326 e. The summed E-state index contributed by atoms with van der Waals surface area (Å²) in [5.41, 5.74) is 5.59. The van der Waals surface area contributed by atoms with Gasteiger partial charge in [-0.25, -0.2) is 0 Å². The molecule has 0 amide bonds. The van der Waals surface area contributed by atoms with Gasteiger partial charge in [-0.05, 0) is 12.3 Å². The van der Waals surface area contributed by atoms with Crippen molar-refractivity contribution in [2.45, 2.75) is 33.7 Å². The number of allylic oxidation sites excluding steroid dienone is 1. The molecule has 0 radical (unpaired) electrons. The second-order valence-corrected chi connectivity index (χ2v) is 4.00. The first kappa shape index (κ1) is 12.2. The van der Waals surface area contributed by atoms with Crippen LogP contribution in [-0.4, -0.2) is 18.6 Å². The van der Waals surface area contributed by atoms with Gasteiger partial charge in [-0.3, -0.25) is 4.79 Å². The van der Waals surface area contributed by atoms with Crippen LogP contribution in [0.5, 0.6) is 0 Å². The minimum absolute atomic E-state index is 0.0457. The largest absolute Gasteiger partial charge is 0.465 e. The Hall–Kier alpha value is -0.830. The summed E-state index contributed by atoms with van der Waals surface area (Å²) in [6.07, 6.45) is 3.59. The zero-order valence-electron chi connectivity index (χ0n) is 8.83. The molecular weight excluding hydrogens is 166 g/mol. The summed E-state index contributed by atoms with van der Waals surface area (Å²) in [5, 5.41) is 0. The lowest BCUT2D eigenvalue weighted by atomic mass is 9.95. The van der Waals surface area contributed by atoms with Crippen LogP contribution < -0.4 is 5.73 Å². The first-order valence-electron chi connectivity index (χ1n) is 4.48. The molecule has 0 aliphatic rings. The monoisotopic (exact) mass is 185 g/mol. The molecule has 0 rings (SSSR count). The SMILES string of the molecule is CCOC(=O)C(N)/C=C/C(C)(C)C. The van der Waals surface area contributed by atoms with Gasteiger partial charge in [-0.15, -0.1) is 0 Å². The molecule has 0 aliphatic heterocycles. The molecule has 0 aliphatic carbocycles. The van der Waals surface area contributed by atoms with E-state index in [0.717, 1.165) is 0 Å². The number of ether oxygens (including phenoxy) is 1. The fourth-order valence-corrected chi connectivity index (χ4v) is 0.709. The fraction of sp³-hybridized carbons (Fsp3) is 0.700. The number of esters is 1. The summed E-state index contributed by atoms with van der Waals surface area (Å²) < 4.78 is 4.75. The molecular formula is C10H19NO2. The number of hydrogen-bond donors (Lipinski definition) is 1. The van der Waals surface area contributed by atoms with Crippen molar-refractivity contribution in [3.63, 3.8) is 0 Å². The van der Waals surface area contributed by atoms with Crippen molar-refractivity contribution >= 4 is 5.97 Å². The third-order valence-electron chi connectivity index (χ3n) is 1.36. The molecule has 0 aromatic carbocycles. The lowest BCUT2D eigenvalue weighted by molar-refractivity contribution is -0.143. The van der Waals surface area contributed by atoms with E-state index in [1.54, 1.807) is 13.0 Å². The predicted octanol–water partition coefficient (Wildman–Crippen LogP) is 1.48. The molecule has 2 N–H and O–H groups in total. The molecule has 0 saturated heterocycles. The number of carbonyl (C=O) groups is 1. The average Bonchev–Trinajstić information content (AvgIpc) is 1.99.